The zero-order valence-corrected chi connectivity index (χ0v) is 30.3. The van der Waals surface area contributed by atoms with Gasteiger partial charge in [-0.3, -0.25) is 0 Å². The van der Waals surface area contributed by atoms with Gasteiger partial charge in [0.25, 0.3) is 0 Å². The topological polar surface area (TPSA) is 48.5 Å². The molecule has 5 heteroatoms. The van der Waals surface area contributed by atoms with Crippen LogP contribution in [-0.2, 0) is 0 Å². The Morgan fingerprint density at radius 1 is 0.268 bits per heavy atom. The maximum absolute atomic E-state index is 4.97. The number of benzene rings is 8. The molecule has 5 nitrogen and oxygen atoms in total. The van der Waals surface area contributed by atoms with E-state index >= 15 is 0 Å². The first-order valence-corrected chi connectivity index (χ1v) is 18.9. The molecule has 0 spiro atoms. The van der Waals surface area contributed by atoms with Gasteiger partial charge in [-0.1, -0.05) is 140 Å². The fourth-order valence-electron chi connectivity index (χ4n) is 8.32. The summed E-state index contributed by atoms with van der Waals surface area (Å²) < 4.78 is 4.76. The largest absolute Gasteiger partial charge is 0.309 e. The first-order valence-electron chi connectivity index (χ1n) is 18.9. The molecule has 0 fully saturated rings. The second-order valence-electron chi connectivity index (χ2n) is 14.0. The van der Waals surface area contributed by atoms with Crippen molar-refractivity contribution in [3.05, 3.63) is 200 Å². The van der Waals surface area contributed by atoms with Crippen molar-refractivity contribution in [1.29, 1.82) is 0 Å². The van der Waals surface area contributed by atoms with E-state index in [9.17, 15) is 0 Å². The summed E-state index contributed by atoms with van der Waals surface area (Å²) >= 11 is 0. The van der Waals surface area contributed by atoms with Crippen LogP contribution < -0.4 is 0 Å². The van der Waals surface area contributed by atoms with Gasteiger partial charge in [0.2, 0.25) is 0 Å². The molecule has 56 heavy (non-hydrogen) atoms. The molecule has 262 valence electrons. The summed E-state index contributed by atoms with van der Waals surface area (Å²) in [5.41, 5.74) is 12.2. The summed E-state index contributed by atoms with van der Waals surface area (Å²) in [6, 6.07) is 70.4. The first kappa shape index (κ1) is 31.9. The minimum atomic E-state index is 0.636. The molecule has 0 unspecified atom stereocenters. The molecule has 0 aliphatic heterocycles. The Morgan fingerprint density at radius 2 is 0.625 bits per heavy atom. The second-order valence-corrected chi connectivity index (χ2v) is 14.0. The molecular formula is C51H33N5. The lowest BCUT2D eigenvalue weighted by Gasteiger charge is -2.12. The minimum absolute atomic E-state index is 0.636. The van der Waals surface area contributed by atoms with E-state index in [0.717, 1.165) is 39.1 Å². The SMILES string of the molecule is c1ccc(-c2nc(-c3ccccc3)nc(-c3ccc(-n4c5ccccc5c5c(-c6cccc7c6c6ccccc6n7-c6ccccc6)cccc54)cc3)n2)cc1. The van der Waals surface area contributed by atoms with Gasteiger partial charge in [-0.25, -0.2) is 15.0 Å². The quantitative estimate of drug-likeness (QED) is 0.172. The molecule has 0 amide bonds. The lowest BCUT2D eigenvalue weighted by atomic mass is 9.95. The average molecular weight is 716 g/mol. The minimum Gasteiger partial charge on any atom is -0.309 e. The zero-order valence-electron chi connectivity index (χ0n) is 30.3. The van der Waals surface area contributed by atoms with Crippen molar-refractivity contribution in [2.45, 2.75) is 0 Å². The highest BCUT2D eigenvalue weighted by Crippen LogP contribution is 2.44. The van der Waals surface area contributed by atoms with Gasteiger partial charge in [0, 0.05) is 49.6 Å². The predicted molar refractivity (Wildman–Crippen MR) is 230 cm³/mol. The van der Waals surface area contributed by atoms with E-state index in [4.69, 9.17) is 15.0 Å². The summed E-state index contributed by atoms with van der Waals surface area (Å²) in [5, 5.41) is 4.93. The lowest BCUT2D eigenvalue weighted by molar-refractivity contribution is 1.07. The van der Waals surface area contributed by atoms with Crippen LogP contribution in [-0.4, -0.2) is 24.1 Å². The number of rotatable bonds is 6. The molecule has 11 rings (SSSR count). The van der Waals surface area contributed by atoms with Gasteiger partial charge >= 0.3 is 0 Å². The fourth-order valence-corrected chi connectivity index (χ4v) is 8.32. The third-order valence-electron chi connectivity index (χ3n) is 10.8. The van der Waals surface area contributed by atoms with E-state index < -0.39 is 0 Å². The third-order valence-corrected chi connectivity index (χ3v) is 10.8. The molecule has 0 atom stereocenters. The van der Waals surface area contributed by atoms with Crippen LogP contribution in [0.3, 0.4) is 0 Å². The molecular weight excluding hydrogens is 683 g/mol. The Bertz CT molecular complexity index is 3160. The van der Waals surface area contributed by atoms with Gasteiger partial charge in [0.15, 0.2) is 17.5 Å². The van der Waals surface area contributed by atoms with Crippen LogP contribution in [0, 0.1) is 0 Å². The highest BCUT2D eigenvalue weighted by Gasteiger charge is 2.21. The lowest BCUT2D eigenvalue weighted by Crippen LogP contribution is -2.00. The normalized spacial score (nSPS) is 11.6. The smallest absolute Gasteiger partial charge is 0.164 e. The van der Waals surface area contributed by atoms with Crippen LogP contribution in [0.2, 0.25) is 0 Å². The van der Waals surface area contributed by atoms with Crippen LogP contribution in [0.25, 0.3) is 100 Å². The zero-order chi connectivity index (χ0) is 37.0. The summed E-state index contributed by atoms with van der Waals surface area (Å²) in [6.45, 7) is 0. The Balaban J connectivity index is 1.08. The Hall–Kier alpha value is -7.63. The highest BCUT2D eigenvalue weighted by molar-refractivity contribution is 6.22. The van der Waals surface area contributed by atoms with Crippen LogP contribution in [0.1, 0.15) is 0 Å². The number of aromatic nitrogens is 5. The van der Waals surface area contributed by atoms with E-state index in [1.54, 1.807) is 0 Å². The van der Waals surface area contributed by atoms with Crippen LogP contribution in [0.15, 0.2) is 200 Å². The van der Waals surface area contributed by atoms with Gasteiger partial charge in [-0.2, -0.15) is 0 Å². The van der Waals surface area contributed by atoms with Crippen molar-refractivity contribution < 1.29 is 0 Å². The van der Waals surface area contributed by atoms with E-state index in [0.29, 0.717) is 17.5 Å². The number of hydrogen-bond acceptors (Lipinski definition) is 3. The van der Waals surface area contributed by atoms with Crippen molar-refractivity contribution in [3.63, 3.8) is 0 Å². The summed E-state index contributed by atoms with van der Waals surface area (Å²) in [6.07, 6.45) is 0. The van der Waals surface area contributed by atoms with Crippen LogP contribution in [0.5, 0.6) is 0 Å². The molecule has 0 saturated carbocycles. The van der Waals surface area contributed by atoms with Gasteiger partial charge in [0.1, 0.15) is 0 Å². The Kier molecular flexibility index (Phi) is 7.42. The van der Waals surface area contributed by atoms with E-state index in [-0.39, 0.29) is 0 Å². The summed E-state index contributed by atoms with van der Waals surface area (Å²) in [4.78, 5) is 14.8. The summed E-state index contributed by atoms with van der Waals surface area (Å²) in [5.74, 6) is 1.93. The maximum Gasteiger partial charge on any atom is 0.164 e. The molecule has 0 N–H and O–H groups in total. The van der Waals surface area contributed by atoms with Gasteiger partial charge in [-0.05, 0) is 71.8 Å². The monoisotopic (exact) mass is 715 g/mol. The number of hydrogen-bond donors (Lipinski definition) is 0. The van der Waals surface area contributed by atoms with Crippen molar-refractivity contribution in [2.24, 2.45) is 0 Å². The molecule has 3 aromatic heterocycles. The number of fused-ring (bicyclic) bond motifs is 6. The fraction of sp³-hybridized carbons (Fsp3) is 0. The van der Waals surface area contributed by atoms with Crippen molar-refractivity contribution >= 4 is 43.6 Å². The van der Waals surface area contributed by atoms with Gasteiger partial charge < -0.3 is 9.13 Å². The number of nitrogens with zero attached hydrogens (tertiary/aromatic N) is 5. The molecule has 8 aromatic carbocycles. The third kappa shape index (κ3) is 5.13. The molecule has 0 saturated heterocycles. The van der Waals surface area contributed by atoms with E-state index in [2.05, 4.69) is 149 Å². The Labute approximate surface area is 323 Å². The predicted octanol–water partition coefficient (Wildman–Crippen LogP) is 12.7. The van der Waals surface area contributed by atoms with Crippen molar-refractivity contribution in [3.8, 4) is 56.7 Å². The van der Waals surface area contributed by atoms with Gasteiger partial charge in [-0.15, -0.1) is 0 Å². The highest BCUT2D eigenvalue weighted by atomic mass is 15.0. The molecule has 11 aromatic rings. The Morgan fingerprint density at radius 3 is 1.09 bits per heavy atom. The van der Waals surface area contributed by atoms with E-state index in [1.165, 1.54) is 43.7 Å². The second kappa shape index (κ2) is 13.0. The molecule has 0 aliphatic carbocycles. The first-order chi connectivity index (χ1) is 27.8. The van der Waals surface area contributed by atoms with Crippen molar-refractivity contribution in [1.82, 2.24) is 24.1 Å². The van der Waals surface area contributed by atoms with Gasteiger partial charge in [0.05, 0.1) is 22.1 Å². The maximum atomic E-state index is 4.97. The van der Waals surface area contributed by atoms with Crippen LogP contribution in [0.4, 0.5) is 0 Å². The molecule has 0 bridgehead atoms. The van der Waals surface area contributed by atoms with Crippen LogP contribution >= 0.6 is 0 Å². The molecule has 0 aliphatic rings. The standard InChI is InChI=1S/C51H33N5/c1-4-16-34(17-5-1)49-52-50(35-18-6-2-7-19-35)54-51(53-49)36-30-32-38(33-31-36)56-44-27-13-11-23-42(44)48-40(25-15-29-46(48)56)39-24-14-28-45-47(39)41-22-10-12-26-43(41)55(45)37-20-8-3-9-21-37/h1-33H. The summed E-state index contributed by atoms with van der Waals surface area (Å²) in [7, 11) is 0. The number of para-hydroxylation sites is 3. The van der Waals surface area contributed by atoms with E-state index in [1.807, 2.05) is 60.7 Å². The molecule has 3 heterocycles. The van der Waals surface area contributed by atoms with Crippen molar-refractivity contribution in [2.75, 3.05) is 0 Å². The average Bonchev–Trinajstić information content (AvgIpc) is 3.81. The molecule has 0 radical (unpaired) electrons.